The van der Waals surface area contributed by atoms with Crippen molar-refractivity contribution in [1.82, 2.24) is 9.95 Å². The van der Waals surface area contributed by atoms with E-state index in [2.05, 4.69) is 5.43 Å². The summed E-state index contributed by atoms with van der Waals surface area (Å²) in [4.78, 5) is 0. The Hall–Kier alpha value is -0.860. The lowest BCUT2D eigenvalue weighted by Gasteiger charge is -2.13. The quantitative estimate of drug-likeness (QED) is 0.624. The number of rotatable bonds is 0. The number of hydrogen-bond acceptors (Lipinski definition) is 2. The molecule has 0 unspecified atom stereocenters. The smallest absolute Gasteiger partial charge is 0.0500 e. The van der Waals surface area contributed by atoms with Gasteiger partial charge in [-0.05, 0) is 6.07 Å². The van der Waals surface area contributed by atoms with E-state index >= 15 is 0 Å². The van der Waals surface area contributed by atoms with Gasteiger partial charge < -0.3 is 0 Å². The molecule has 1 aromatic carbocycles. The molecular weight excluding hydrogens is 195 g/mol. The molecule has 0 radical (unpaired) electrons. The number of halogens is 2. The maximum atomic E-state index is 5.94. The van der Waals surface area contributed by atoms with Gasteiger partial charge in [-0.25, -0.2) is 4.53 Å². The van der Waals surface area contributed by atoms with Crippen molar-refractivity contribution in [3.05, 3.63) is 33.7 Å². The van der Waals surface area contributed by atoms with Gasteiger partial charge in [0.1, 0.15) is 0 Å². The fourth-order valence-electron chi connectivity index (χ4n) is 1.10. The third-order valence-electron chi connectivity index (χ3n) is 1.67. The molecule has 1 aromatic rings. The average molecular weight is 201 g/mol. The first-order valence-corrected chi connectivity index (χ1v) is 4.17. The molecule has 1 aliphatic rings. The molecule has 1 N–H and O–H groups in total. The number of benzene rings is 1. The van der Waals surface area contributed by atoms with Gasteiger partial charge in [-0.3, -0.25) is 5.43 Å². The van der Waals surface area contributed by atoms with Crippen LogP contribution >= 0.6 is 23.4 Å². The average Bonchev–Trinajstić information content (AvgIpc) is 2.04. The molecule has 0 bridgehead atoms. The maximum Gasteiger partial charge on any atom is 0.0500 e. The first-order chi connectivity index (χ1) is 5.77. The molecule has 2 rings (SSSR count). The molecule has 4 heteroatoms. The summed E-state index contributed by atoms with van der Waals surface area (Å²) in [6.07, 6.45) is 3.54. The normalized spacial score (nSPS) is 14.0. The fraction of sp³-hybridized carbons (Fsp3) is 0. The van der Waals surface area contributed by atoms with Crippen LogP contribution in [0.5, 0.6) is 0 Å². The van der Waals surface area contributed by atoms with Crippen molar-refractivity contribution >= 4 is 35.8 Å². The van der Waals surface area contributed by atoms with E-state index in [1.165, 1.54) is 4.53 Å². The molecule has 0 saturated heterocycles. The molecule has 0 atom stereocenters. The fourth-order valence-corrected chi connectivity index (χ4v) is 1.49. The van der Waals surface area contributed by atoms with Crippen LogP contribution < -0.4 is 15.9 Å². The minimum atomic E-state index is 0.723. The van der Waals surface area contributed by atoms with E-state index in [9.17, 15) is 0 Å². The Morgan fingerprint density at radius 2 is 2.17 bits per heavy atom. The van der Waals surface area contributed by atoms with Gasteiger partial charge in [-0.2, -0.15) is 0 Å². The molecule has 0 aliphatic carbocycles. The Morgan fingerprint density at radius 1 is 1.33 bits per heavy atom. The zero-order valence-corrected chi connectivity index (χ0v) is 7.60. The van der Waals surface area contributed by atoms with Gasteiger partial charge in [0.25, 0.3) is 0 Å². The lowest BCUT2D eigenvalue weighted by atomic mass is 10.2. The van der Waals surface area contributed by atoms with Gasteiger partial charge >= 0.3 is 0 Å². The molecule has 12 heavy (non-hydrogen) atoms. The molecule has 0 fully saturated rings. The Kier molecular flexibility index (Phi) is 1.87. The van der Waals surface area contributed by atoms with Crippen LogP contribution in [0, 0.1) is 0 Å². The zero-order chi connectivity index (χ0) is 8.55. The maximum absolute atomic E-state index is 5.94. The van der Waals surface area contributed by atoms with Crippen LogP contribution in [-0.2, 0) is 0 Å². The Labute approximate surface area is 79.8 Å². The van der Waals surface area contributed by atoms with Crippen LogP contribution in [0.1, 0.15) is 0 Å². The highest BCUT2D eigenvalue weighted by Crippen LogP contribution is 1.98. The highest BCUT2D eigenvalue weighted by Gasteiger charge is 1.99. The highest BCUT2D eigenvalue weighted by atomic mass is 35.5. The van der Waals surface area contributed by atoms with Crippen LogP contribution in [0.15, 0.2) is 18.2 Å². The lowest BCUT2D eigenvalue weighted by molar-refractivity contribution is 0.583. The largest absolute Gasteiger partial charge is 0.291 e. The van der Waals surface area contributed by atoms with E-state index < -0.39 is 0 Å². The molecule has 2 nitrogen and oxygen atoms in total. The SMILES string of the molecule is Clc1cccc2c1=CNN(Cl)C=2. The Bertz CT molecular complexity index is 414. The van der Waals surface area contributed by atoms with Crippen LogP contribution in [0.3, 0.4) is 0 Å². The summed E-state index contributed by atoms with van der Waals surface area (Å²) < 4.78 is 1.36. The predicted molar refractivity (Wildman–Crippen MR) is 50.5 cm³/mol. The molecule has 1 heterocycles. The summed E-state index contributed by atoms with van der Waals surface area (Å²) in [6.45, 7) is 0. The minimum absolute atomic E-state index is 0.723. The lowest BCUT2D eigenvalue weighted by Crippen LogP contribution is -2.38. The number of nitrogens with one attached hydrogen (secondary N) is 1. The van der Waals surface area contributed by atoms with Crippen LogP contribution in [-0.4, -0.2) is 4.53 Å². The predicted octanol–water partition coefficient (Wildman–Crippen LogP) is 0.790. The van der Waals surface area contributed by atoms with Crippen LogP contribution in [0.4, 0.5) is 0 Å². The van der Waals surface area contributed by atoms with E-state index in [4.69, 9.17) is 23.4 Å². The summed E-state index contributed by atoms with van der Waals surface area (Å²) in [5.74, 6) is 0. The van der Waals surface area contributed by atoms with E-state index in [0.29, 0.717) is 0 Å². The van der Waals surface area contributed by atoms with E-state index in [-0.39, 0.29) is 0 Å². The molecule has 0 saturated carbocycles. The standard InChI is InChI=1S/C8H6Cl2N2/c9-8-3-1-2-6-5-12(10)11-4-7(6)8/h1-5,11H. The zero-order valence-electron chi connectivity index (χ0n) is 6.09. The summed E-state index contributed by atoms with van der Waals surface area (Å²) in [5.41, 5.74) is 2.81. The number of hydrogen-bond donors (Lipinski definition) is 1. The topological polar surface area (TPSA) is 15.3 Å². The van der Waals surface area contributed by atoms with E-state index in [1.807, 2.05) is 18.2 Å². The second kappa shape index (κ2) is 2.88. The van der Waals surface area contributed by atoms with Crippen molar-refractivity contribution in [3.8, 4) is 0 Å². The van der Waals surface area contributed by atoms with Crippen LogP contribution in [0.25, 0.3) is 12.4 Å². The summed E-state index contributed by atoms with van der Waals surface area (Å²) in [7, 11) is 0. The second-order valence-electron chi connectivity index (χ2n) is 2.46. The molecule has 0 aromatic heterocycles. The van der Waals surface area contributed by atoms with Crippen molar-refractivity contribution in [2.75, 3.05) is 0 Å². The number of nitrogens with zero attached hydrogens (tertiary/aromatic N) is 1. The van der Waals surface area contributed by atoms with Gasteiger partial charge in [0.2, 0.25) is 0 Å². The third kappa shape index (κ3) is 1.24. The first-order valence-electron chi connectivity index (χ1n) is 3.45. The van der Waals surface area contributed by atoms with Crippen molar-refractivity contribution < 1.29 is 0 Å². The molecule has 62 valence electrons. The Morgan fingerprint density at radius 3 is 3.00 bits per heavy atom. The third-order valence-corrected chi connectivity index (χ3v) is 2.20. The first kappa shape index (κ1) is 7.77. The molecule has 0 spiro atoms. The van der Waals surface area contributed by atoms with Crippen molar-refractivity contribution in [1.29, 1.82) is 0 Å². The molecule has 1 aliphatic heterocycles. The van der Waals surface area contributed by atoms with Gasteiger partial charge in [-0.1, -0.05) is 23.7 Å². The van der Waals surface area contributed by atoms with Gasteiger partial charge in [0.15, 0.2) is 0 Å². The summed E-state index contributed by atoms with van der Waals surface area (Å²) >= 11 is 11.6. The molecular formula is C8H6Cl2N2. The monoisotopic (exact) mass is 200 g/mol. The number of hydrazine groups is 1. The van der Waals surface area contributed by atoms with Crippen molar-refractivity contribution in [2.24, 2.45) is 0 Å². The Balaban J connectivity index is 2.78. The summed E-state index contributed by atoms with van der Waals surface area (Å²) in [6, 6.07) is 5.69. The second-order valence-corrected chi connectivity index (χ2v) is 3.23. The van der Waals surface area contributed by atoms with Gasteiger partial charge in [-0.15, -0.1) is 0 Å². The molecule has 0 amide bonds. The highest BCUT2D eigenvalue weighted by molar-refractivity contribution is 6.30. The summed E-state index contributed by atoms with van der Waals surface area (Å²) in [5, 5.41) is 2.70. The van der Waals surface area contributed by atoms with Gasteiger partial charge in [0.05, 0.1) is 0 Å². The van der Waals surface area contributed by atoms with Gasteiger partial charge in [0, 0.05) is 39.6 Å². The van der Waals surface area contributed by atoms with Crippen molar-refractivity contribution in [2.45, 2.75) is 0 Å². The minimum Gasteiger partial charge on any atom is -0.291 e. The van der Waals surface area contributed by atoms with E-state index in [0.717, 1.165) is 15.5 Å². The van der Waals surface area contributed by atoms with E-state index in [1.54, 1.807) is 12.4 Å². The van der Waals surface area contributed by atoms with Crippen molar-refractivity contribution in [3.63, 3.8) is 0 Å². The number of fused-ring (bicyclic) bond motifs is 1. The van der Waals surface area contributed by atoms with Crippen LogP contribution in [0.2, 0.25) is 5.02 Å².